The number of rotatable bonds is 5. The lowest BCUT2D eigenvalue weighted by Gasteiger charge is -2.04. The molecule has 2 aromatic heterocycles. The predicted octanol–water partition coefficient (Wildman–Crippen LogP) is 4.12. The lowest BCUT2D eigenvalue weighted by Crippen LogP contribution is -2.09. The molecule has 0 aliphatic carbocycles. The Balaban J connectivity index is 1.58. The summed E-state index contributed by atoms with van der Waals surface area (Å²) < 4.78 is 1.55. The molecule has 0 bridgehead atoms. The van der Waals surface area contributed by atoms with Crippen LogP contribution in [0.2, 0.25) is 0 Å². The summed E-state index contributed by atoms with van der Waals surface area (Å²) in [4.78, 5) is 29.4. The minimum atomic E-state index is -0.193. The zero-order valence-electron chi connectivity index (χ0n) is 14.4. The van der Waals surface area contributed by atoms with Gasteiger partial charge in [-0.25, -0.2) is 3.96 Å². The Morgan fingerprint density at radius 1 is 0.889 bits per heavy atom. The van der Waals surface area contributed by atoms with E-state index in [0.29, 0.717) is 10.4 Å². The average molecular weight is 372 g/mol. The highest BCUT2D eigenvalue weighted by molar-refractivity contribution is 7.09. The van der Waals surface area contributed by atoms with Crippen LogP contribution in [-0.4, -0.2) is 14.7 Å². The van der Waals surface area contributed by atoms with Crippen molar-refractivity contribution in [3.63, 3.8) is 0 Å². The van der Waals surface area contributed by atoms with Crippen molar-refractivity contribution in [2.24, 2.45) is 0 Å². The number of pyridine rings is 1. The molecule has 2 heterocycles. The number of carbonyl (C=O) groups is 1. The zero-order valence-corrected chi connectivity index (χ0v) is 15.2. The van der Waals surface area contributed by atoms with Gasteiger partial charge in [0.05, 0.1) is 10.6 Å². The summed E-state index contributed by atoms with van der Waals surface area (Å²) in [6.45, 7) is 0. The van der Waals surface area contributed by atoms with Crippen molar-refractivity contribution in [1.82, 2.24) is 8.94 Å². The van der Waals surface area contributed by atoms with Crippen LogP contribution >= 0.6 is 11.5 Å². The molecule has 0 radical (unpaired) electrons. The molecule has 0 spiro atoms. The van der Waals surface area contributed by atoms with Crippen LogP contribution in [-0.2, 0) is 6.42 Å². The SMILES string of the molecule is O=C(c1ccccc1)c1cc(=O)n(-c2ccc(Cc3ccncc3)cc2)s1. The van der Waals surface area contributed by atoms with E-state index in [1.54, 1.807) is 28.5 Å². The fourth-order valence-corrected chi connectivity index (χ4v) is 3.77. The summed E-state index contributed by atoms with van der Waals surface area (Å²) in [5, 5.41) is 0. The smallest absolute Gasteiger partial charge is 0.266 e. The van der Waals surface area contributed by atoms with Crippen molar-refractivity contribution in [1.29, 1.82) is 0 Å². The molecule has 0 unspecified atom stereocenters. The molecule has 4 aromatic rings. The van der Waals surface area contributed by atoms with Crippen LogP contribution in [0.3, 0.4) is 0 Å². The number of benzene rings is 2. The summed E-state index contributed by atoms with van der Waals surface area (Å²) in [6, 6.07) is 22.2. The Labute approximate surface area is 160 Å². The Bertz CT molecular complexity index is 1110. The van der Waals surface area contributed by atoms with Gasteiger partial charge in [0.1, 0.15) is 0 Å². The summed E-state index contributed by atoms with van der Waals surface area (Å²) in [7, 11) is 0. The Morgan fingerprint density at radius 2 is 1.56 bits per heavy atom. The fraction of sp³-hybridized carbons (Fsp3) is 0.0455. The van der Waals surface area contributed by atoms with Crippen molar-refractivity contribution in [2.45, 2.75) is 6.42 Å². The molecule has 0 fully saturated rings. The third-order valence-corrected chi connectivity index (χ3v) is 5.31. The maximum absolute atomic E-state index is 12.6. The van der Waals surface area contributed by atoms with Crippen molar-refractivity contribution in [3.05, 3.63) is 117 Å². The van der Waals surface area contributed by atoms with Crippen LogP contribution in [0.15, 0.2) is 90.0 Å². The summed E-state index contributed by atoms with van der Waals surface area (Å²) in [5.74, 6) is -0.134. The van der Waals surface area contributed by atoms with Crippen LogP contribution in [0.5, 0.6) is 0 Å². The molecule has 0 aliphatic rings. The topological polar surface area (TPSA) is 52.0 Å². The molecule has 0 N–H and O–H groups in total. The average Bonchev–Trinajstić information content (AvgIpc) is 3.11. The van der Waals surface area contributed by atoms with E-state index in [9.17, 15) is 9.59 Å². The van der Waals surface area contributed by atoms with Gasteiger partial charge < -0.3 is 0 Å². The third-order valence-electron chi connectivity index (χ3n) is 4.23. The van der Waals surface area contributed by atoms with Crippen LogP contribution in [0.1, 0.15) is 26.4 Å². The molecule has 0 aliphatic heterocycles. The second kappa shape index (κ2) is 7.51. The monoisotopic (exact) mass is 372 g/mol. The highest BCUT2D eigenvalue weighted by Gasteiger charge is 2.15. The van der Waals surface area contributed by atoms with Gasteiger partial charge in [-0.1, -0.05) is 42.5 Å². The maximum atomic E-state index is 12.6. The van der Waals surface area contributed by atoms with Crippen molar-refractivity contribution in [3.8, 4) is 5.69 Å². The molecule has 2 aromatic carbocycles. The lowest BCUT2D eigenvalue weighted by molar-refractivity contribution is 0.104. The fourth-order valence-electron chi connectivity index (χ4n) is 2.84. The van der Waals surface area contributed by atoms with E-state index >= 15 is 0 Å². The Morgan fingerprint density at radius 3 is 2.26 bits per heavy atom. The van der Waals surface area contributed by atoms with Gasteiger partial charge in [-0.3, -0.25) is 14.6 Å². The third kappa shape index (κ3) is 3.78. The number of aromatic nitrogens is 2. The molecule has 5 heteroatoms. The standard InChI is InChI=1S/C22H16N2O2S/c25-21-15-20(22(26)18-4-2-1-3-5-18)27-24(21)19-8-6-16(7-9-19)14-17-10-12-23-13-11-17/h1-13,15H,14H2. The number of ketones is 1. The molecule has 0 saturated heterocycles. The summed E-state index contributed by atoms with van der Waals surface area (Å²) in [6.07, 6.45) is 4.36. The number of nitrogens with zero attached hydrogens (tertiary/aromatic N) is 2. The van der Waals surface area contributed by atoms with Gasteiger partial charge in [-0.05, 0) is 53.3 Å². The first kappa shape index (κ1) is 17.1. The van der Waals surface area contributed by atoms with Crippen LogP contribution in [0.25, 0.3) is 5.69 Å². The molecule has 4 nitrogen and oxygen atoms in total. The molecule has 132 valence electrons. The Kier molecular flexibility index (Phi) is 4.77. The first-order chi connectivity index (χ1) is 13.2. The molecular weight excluding hydrogens is 356 g/mol. The van der Waals surface area contributed by atoms with Gasteiger partial charge in [-0.15, -0.1) is 0 Å². The van der Waals surface area contributed by atoms with Gasteiger partial charge in [0.2, 0.25) is 5.78 Å². The molecule has 27 heavy (non-hydrogen) atoms. The minimum absolute atomic E-state index is 0.134. The molecule has 4 rings (SSSR count). The summed E-state index contributed by atoms with van der Waals surface area (Å²) >= 11 is 1.17. The van der Waals surface area contributed by atoms with Gasteiger partial charge in [0.15, 0.2) is 0 Å². The van der Waals surface area contributed by atoms with Gasteiger partial charge in [0, 0.05) is 24.0 Å². The minimum Gasteiger partial charge on any atom is -0.288 e. The summed E-state index contributed by atoms with van der Waals surface area (Å²) in [5.41, 5.74) is 3.48. The van der Waals surface area contributed by atoms with Crippen molar-refractivity contribution >= 4 is 17.3 Å². The van der Waals surface area contributed by atoms with E-state index in [4.69, 9.17) is 0 Å². The van der Waals surface area contributed by atoms with E-state index in [1.807, 2.05) is 54.6 Å². The van der Waals surface area contributed by atoms with Crippen molar-refractivity contribution in [2.75, 3.05) is 0 Å². The molecule has 0 saturated carbocycles. The van der Waals surface area contributed by atoms with Crippen molar-refractivity contribution < 1.29 is 4.79 Å². The highest BCUT2D eigenvalue weighted by atomic mass is 32.1. The van der Waals surface area contributed by atoms with Crippen LogP contribution in [0.4, 0.5) is 0 Å². The first-order valence-corrected chi connectivity index (χ1v) is 9.29. The van der Waals surface area contributed by atoms with Gasteiger partial charge in [-0.2, -0.15) is 0 Å². The molecule has 0 amide bonds. The second-order valence-electron chi connectivity index (χ2n) is 6.13. The van der Waals surface area contributed by atoms with E-state index in [0.717, 1.165) is 17.7 Å². The first-order valence-electron chi connectivity index (χ1n) is 8.52. The lowest BCUT2D eigenvalue weighted by atomic mass is 10.1. The van der Waals surface area contributed by atoms with E-state index in [-0.39, 0.29) is 11.3 Å². The van der Waals surface area contributed by atoms with Gasteiger partial charge in [0.25, 0.3) is 5.56 Å². The number of hydrogen-bond donors (Lipinski definition) is 0. The second-order valence-corrected chi connectivity index (χ2v) is 7.11. The predicted molar refractivity (Wildman–Crippen MR) is 107 cm³/mol. The van der Waals surface area contributed by atoms with E-state index in [1.165, 1.54) is 23.2 Å². The van der Waals surface area contributed by atoms with E-state index < -0.39 is 0 Å². The number of carbonyl (C=O) groups excluding carboxylic acids is 1. The Hall–Kier alpha value is -3.31. The molecule has 0 atom stereocenters. The van der Waals surface area contributed by atoms with Crippen LogP contribution in [0, 0.1) is 0 Å². The largest absolute Gasteiger partial charge is 0.288 e. The zero-order chi connectivity index (χ0) is 18.6. The molecular formula is C22H16N2O2S. The van der Waals surface area contributed by atoms with E-state index in [2.05, 4.69) is 4.98 Å². The van der Waals surface area contributed by atoms with Gasteiger partial charge >= 0.3 is 0 Å². The quantitative estimate of drug-likeness (QED) is 0.495. The highest BCUT2D eigenvalue weighted by Crippen LogP contribution is 2.18. The number of hydrogen-bond acceptors (Lipinski definition) is 4. The maximum Gasteiger partial charge on any atom is 0.266 e. The van der Waals surface area contributed by atoms with Crippen LogP contribution < -0.4 is 5.56 Å². The normalized spacial score (nSPS) is 10.7.